The molecular weight excluding hydrogens is 349 g/mol. The molecule has 120 valence electrons. The molecule has 0 atom stereocenters. The third-order valence-corrected chi connectivity index (χ3v) is 3.83. The topological polar surface area (TPSA) is 62.8 Å². The maximum Gasteiger partial charge on any atom is 0.335 e. The van der Waals surface area contributed by atoms with E-state index in [1.165, 1.54) is 12.1 Å². The number of aliphatic imine (C=N–C) groups is 1. The molecule has 0 radical (unpaired) electrons. The Kier molecular flexibility index (Phi) is 4.69. The second kappa shape index (κ2) is 6.91. The van der Waals surface area contributed by atoms with E-state index in [1.54, 1.807) is 48.7 Å². The summed E-state index contributed by atoms with van der Waals surface area (Å²) in [4.78, 5) is 15.1. The van der Waals surface area contributed by atoms with Crippen LogP contribution < -0.4 is 0 Å². The molecule has 3 rings (SSSR count). The third kappa shape index (κ3) is 3.67. The Labute approximate surface area is 148 Å². The van der Waals surface area contributed by atoms with Gasteiger partial charge in [-0.2, -0.15) is 0 Å². The van der Waals surface area contributed by atoms with Gasteiger partial charge < -0.3 is 9.52 Å². The minimum atomic E-state index is -0.971. The monoisotopic (exact) mass is 359 g/mol. The Balaban J connectivity index is 1.79. The minimum Gasteiger partial charge on any atom is -0.478 e. The van der Waals surface area contributed by atoms with E-state index >= 15 is 0 Å². The molecule has 0 bridgehead atoms. The number of carboxylic acids is 1. The van der Waals surface area contributed by atoms with Gasteiger partial charge in [0.2, 0.25) is 0 Å². The Bertz CT molecular complexity index is 914. The molecule has 1 aromatic heterocycles. The van der Waals surface area contributed by atoms with Crippen LogP contribution in [0.4, 0.5) is 5.69 Å². The highest BCUT2D eigenvalue weighted by Gasteiger charge is 2.08. The standard InChI is InChI=1S/C18H11Cl2NO3/c19-12-3-7-15(16(20)9-12)17-8-6-14(24-17)10-21-13-4-1-11(2-5-13)18(22)23/h1-10H,(H,22,23). The highest BCUT2D eigenvalue weighted by atomic mass is 35.5. The van der Waals surface area contributed by atoms with E-state index in [0.717, 1.165) is 5.56 Å². The van der Waals surface area contributed by atoms with Gasteiger partial charge in [0.1, 0.15) is 11.5 Å². The molecule has 0 saturated carbocycles. The van der Waals surface area contributed by atoms with Gasteiger partial charge >= 0.3 is 5.97 Å². The van der Waals surface area contributed by atoms with E-state index in [1.807, 2.05) is 0 Å². The Morgan fingerprint density at radius 1 is 1.04 bits per heavy atom. The molecule has 0 aliphatic heterocycles. The average Bonchev–Trinajstić information content (AvgIpc) is 3.02. The van der Waals surface area contributed by atoms with E-state index in [4.69, 9.17) is 32.7 Å². The third-order valence-electron chi connectivity index (χ3n) is 3.28. The van der Waals surface area contributed by atoms with Crippen LogP contribution in [0.25, 0.3) is 11.3 Å². The van der Waals surface area contributed by atoms with Crippen molar-refractivity contribution < 1.29 is 14.3 Å². The zero-order valence-electron chi connectivity index (χ0n) is 12.2. The lowest BCUT2D eigenvalue weighted by molar-refractivity contribution is 0.0697. The number of aromatic carboxylic acids is 1. The summed E-state index contributed by atoms with van der Waals surface area (Å²) in [5.41, 5.74) is 1.58. The molecule has 0 spiro atoms. The van der Waals surface area contributed by atoms with Gasteiger partial charge in [0.05, 0.1) is 22.5 Å². The Morgan fingerprint density at radius 3 is 2.46 bits per heavy atom. The summed E-state index contributed by atoms with van der Waals surface area (Å²) in [6.45, 7) is 0. The lowest BCUT2D eigenvalue weighted by Crippen LogP contribution is -1.94. The molecule has 0 saturated heterocycles. The number of hydrogen-bond acceptors (Lipinski definition) is 3. The van der Waals surface area contributed by atoms with Crippen molar-refractivity contribution in [3.05, 3.63) is 76.0 Å². The predicted octanol–water partition coefficient (Wildman–Crippen LogP) is 5.70. The molecule has 6 heteroatoms. The zero-order chi connectivity index (χ0) is 17.1. The number of carboxylic acid groups (broad SMARTS) is 1. The molecule has 1 heterocycles. The molecular formula is C18H11Cl2NO3. The second-order valence-electron chi connectivity index (χ2n) is 4.94. The molecule has 24 heavy (non-hydrogen) atoms. The maximum atomic E-state index is 10.8. The van der Waals surface area contributed by atoms with Crippen LogP contribution in [0.2, 0.25) is 10.0 Å². The van der Waals surface area contributed by atoms with Crippen LogP contribution in [0.3, 0.4) is 0 Å². The first kappa shape index (κ1) is 16.3. The van der Waals surface area contributed by atoms with Gasteiger partial charge in [0.25, 0.3) is 0 Å². The van der Waals surface area contributed by atoms with E-state index in [-0.39, 0.29) is 5.56 Å². The molecule has 0 aliphatic rings. The van der Waals surface area contributed by atoms with E-state index in [2.05, 4.69) is 4.99 Å². The van der Waals surface area contributed by atoms with Crippen LogP contribution in [0, 0.1) is 0 Å². The fourth-order valence-electron chi connectivity index (χ4n) is 2.08. The number of halogens is 2. The highest BCUT2D eigenvalue weighted by molar-refractivity contribution is 6.36. The average molecular weight is 360 g/mol. The summed E-state index contributed by atoms with van der Waals surface area (Å²) in [5, 5.41) is 9.92. The molecule has 2 aromatic carbocycles. The maximum absolute atomic E-state index is 10.8. The predicted molar refractivity (Wildman–Crippen MR) is 94.8 cm³/mol. The first-order valence-corrected chi connectivity index (χ1v) is 7.71. The van der Waals surface area contributed by atoms with Crippen LogP contribution in [-0.2, 0) is 0 Å². The zero-order valence-corrected chi connectivity index (χ0v) is 13.8. The SMILES string of the molecule is O=C(O)c1ccc(N=Cc2ccc(-c3ccc(Cl)cc3Cl)o2)cc1. The number of nitrogens with zero attached hydrogens (tertiary/aromatic N) is 1. The van der Waals surface area contributed by atoms with E-state index < -0.39 is 5.97 Å². The van der Waals surface area contributed by atoms with Crippen LogP contribution in [0.15, 0.2) is 64.0 Å². The van der Waals surface area contributed by atoms with Crippen molar-refractivity contribution in [2.24, 2.45) is 4.99 Å². The largest absolute Gasteiger partial charge is 0.478 e. The summed E-state index contributed by atoms with van der Waals surface area (Å²) < 4.78 is 5.70. The molecule has 0 unspecified atom stereocenters. The van der Waals surface area contributed by atoms with Gasteiger partial charge in [0, 0.05) is 10.6 Å². The molecule has 0 fully saturated rings. The van der Waals surface area contributed by atoms with Gasteiger partial charge in [-0.15, -0.1) is 0 Å². The van der Waals surface area contributed by atoms with Gasteiger partial charge in [-0.05, 0) is 54.6 Å². The first-order chi connectivity index (χ1) is 11.5. The Morgan fingerprint density at radius 2 is 1.79 bits per heavy atom. The van der Waals surface area contributed by atoms with Gasteiger partial charge in [-0.1, -0.05) is 23.2 Å². The van der Waals surface area contributed by atoms with Gasteiger partial charge in [-0.25, -0.2) is 4.79 Å². The number of carbonyl (C=O) groups is 1. The van der Waals surface area contributed by atoms with Crippen molar-refractivity contribution >= 4 is 41.1 Å². The van der Waals surface area contributed by atoms with Crippen LogP contribution in [-0.4, -0.2) is 17.3 Å². The molecule has 3 aromatic rings. The minimum absolute atomic E-state index is 0.214. The Hall–Kier alpha value is -2.56. The van der Waals surface area contributed by atoms with Crippen LogP contribution in [0.5, 0.6) is 0 Å². The van der Waals surface area contributed by atoms with Crippen molar-refractivity contribution in [2.75, 3.05) is 0 Å². The van der Waals surface area contributed by atoms with Crippen molar-refractivity contribution in [1.29, 1.82) is 0 Å². The summed E-state index contributed by atoms with van der Waals surface area (Å²) in [5.74, 6) is 0.193. The summed E-state index contributed by atoms with van der Waals surface area (Å²) in [7, 11) is 0. The van der Waals surface area contributed by atoms with Crippen molar-refractivity contribution in [3.8, 4) is 11.3 Å². The van der Waals surface area contributed by atoms with Crippen LogP contribution >= 0.6 is 23.2 Å². The highest BCUT2D eigenvalue weighted by Crippen LogP contribution is 2.31. The smallest absolute Gasteiger partial charge is 0.335 e. The summed E-state index contributed by atoms with van der Waals surface area (Å²) in [6.07, 6.45) is 1.56. The van der Waals surface area contributed by atoms with E-state index in [9.17, 15) is 4.79 Å². The first-order valence-electron chi connectivity index (χ1n) is 6.95. The van der Waals surface area contributed by atoms with Crippen LogP contribution in [0.1, 0.15) is 16.1 Å². The van der Waals surface area contributed by atoms with Crippen molar-refractivity contribution in [2.45, 2.75) is 0 Å². The fraction of sp³-hybridized carbons (Fsp3) is 0. The summed E-state index contributed by atoms with van der Waals surface area (Å²) >= 11 is 12.0. The summed E-state index contributed by atoms with van der Waals surface area (Å²) in [6, 6.07) is 15.0. The lowest BCUT2D eigenvalue weighted by Gasteiger charge is -2.00. The molecule has 0 amide bonds. The normalized spacial score (nSPS) is 11.1. The fourth-order valence-corrected chi connectivity index (χ4v) is 2.59. The van der Waals surface area contributed by atoms with Crippen molar-refractivity contribution in [1.82, 2.24) is 0 Å². The van der Waals surface area contributed by atoms with E-state index in [0.29, 0.717) is 27.3 Å². The molecule has 4 nitrogen and oxygen atoms in total. The molecule has 1 N–H and O–H groups in total. The van der Waals surface area contributed by atoms with Crippen molar-refractivity contribution in [3.63, 3.8) is 0 Å². The number of benzene rings is 2. The second-order valence-corrected chi connectivity index (χ2v) is 5.78. The number of rotatable bonds is 4. The molecule has 0 aliphatic carbocycles. The number of hydrogen-bond donors (Lipinski definition) is 1. The van der Waals surface area contributed by atoms with Gasteiger partial charge in [-0.3, -0.25) is 4.99 Å². The number of furan rings is 1. The lowest BCUT2D eigenvalue weighted by atomic mass is 10.2. The quantitative estimate of drug-likeness (QED) is 0.607. The van der Waals surface area contributed by atoms with Gasteiger partial charge in [0.15, 0.2) is 0 Å².